The Bertz CT molecular complexity index is 357. The molecule has 1 aromatic rings. The fourth-order valence-electron chi connectivity index (χ4n) is 1.52. The van der Waals surface area contributed by atoms with E-state index in [9.17, 15) is 4.39 Å². The zero-order valence-corrected chi connectivity index (χ0v) is 12.1. The minimum atomic E-state index is -0.206. The summed E-state index contributed by atoms with van der Waals surface area (Å²) in [6.07, 6.45) is 0.948. The van der Waals surface area contributed by atoms with Gasteiger partial charge in [-0.05, 0) is 51.1 Å². The van der Waals surface area contributed by atoms with Crippen LogP contribution in [-0.2, 0) is 11.2 Å². The molecule has 4 heteroatoms. The largest absolute Gasteiger partial charge is 0.377 e. The van der Waals surface area contributed by atoms with Gasteiger partial charge in [0.1, 0.15) is 5.82 Å². The van der Waals surface area contributed by atoms with Crippen molar-refractivity contribution in [1.82, 2.24) is 5.32 Å². The van der Waals surface area contributed by atoms with Crippen molar-refractivity contribution in [2.45, 2.75) is 32.4 Å². The van der Waals surface area contributed by atoms with Gasteiger partial charge in [0.05, 0.1) is 12.7 Å². The molecule has 1 N–H and O–H groups in total. The molecule has 0 fully saturated rings. The minimum Gasteiger partial charge on any atom is -0.377 e. The van der Waals surface area contributed by atoms with E-state index in [0.29, 0.717) is 6.61 Å². The summed E-state index contributed by atoms with van der Waals surface area (Å²) in [5.74, 6) is -0.206. The van der Waals surface area contributed by atoms with Gasteiger partial charge in [0.25, 0.3) is 0 Å². The Labute approximate surface area is 111 Å². The van der Waals surface area contributed by atoms with Crippen molar-refractivity contribution in [3.63, 3.8) is 0 Å². The summed E-state index contributed by atoms with van der Waals surface area (Å²) >= 11 is 3.43. The molecule has 1 rings (SSSR count). The van der Waals surface area contributed by atoms with E-state index in [1.54, 1.807) is 12.1 Å². The lowest BCUT2D eigenvalue weighted by Crippen LogP contribution is -2.33. The zero-order valence-electron chi connectivity index (χ0n) is 10.5. The van der Waals surface area contributed by atoms with Gasteiger partial charge in [-0.2, -0.15) is 0 Å². The van der Waals surface area contributed by atoms with Gasteiger partial charge in [0.2, 0.25) is 0 Å². The predicted molar refractivity (Wildman–Crippen MR) is 71.7 cm³/mol. The summed E-state index contributed by atoms with van der Waals surface area (Å²) in [6.45, 7) is 4.63. The van der Waals surface area contributed by atoms with Gasteiger partial charge < -0.3 is 10.1 Å². The zero-order chi connectivity index (χ0) is 12.8. The summed E-state index contributed by atoms with van der Waals surface area (Å²) in [7, 11) is 1.89. The normalized spacial score (nSPS) is 13.1. The van der Waals surface area contributed by atoms with Crippen molar-refractivity contribution in [1.29, 1.82) is 0 Å². The highest BCUT2D eigenvalue weighted by atomic mass is 79.9. The average molecular weight is 304 g/mol. The number of rotatable bonds is 6. The number of benzene rings is 1. The first-order chi connectivity index (χ1) is 8.02. The van der Waals surface area contributed by atoms with E-state index in [-0.39, 0.29) is 18.0 Å². The Balaban J connectivity index is 2.63. The highest BCUT2D eigenvalue weighted by Crippen LogP contribution is 2.19. The predicted octanol–water partition coefficient (Wildman–Crippen LogP) is 3.14. The van der Waals surface area contributed by atoms with E-state index in [1.807, 2.05) is 20.9 Å². The molecule has 0 aliphatic rings. The lowest BCUT2D eigenvalue weighted by atomic mass is 10.1. The minimum absolute atomic E-state index is 0.190. The molecule has 1 unspecified atom stereocenters. The van der Waals surface area contributed by atoms with Gasteiger partial charge in [0, 0.05) is 10.5 Å². The number of nitrogens with one attached hydrogen (secondary N) is 1. The van der Waals surface area contributed by atoms with Gasteiger partial charge in [0.15, 0.2) is 0 Å². The monoisotopic (exact) mass is 303 g/mol. The SMILES string of the molecule is CNC(COC(C)C)Cc1cc(F)ccc1Br. The maximum Gasteiger partial charge on any atom is 0.123 e. The van der Waals surface area contributed by atoms with Gasteiger partial charge >= 0.3 is 0 Å². The molecule has 0 saturated heterocycles. The fraction of sp³-hybridized carbons (Fsp3) is 0.538. The van der Waals surface area contributed by atoms with Crippen LogP contribution in [0, 0.1) is 5.82 Å². The molecule has 2 nitrogen and oxygen atoms in total. The van der Waals surface area contributed by atoms with Gasteiger partial charge in [-0.1, -0.05) is 15.9 Å². The standard InChI is InChI=1S/C13H19BrFNO/c1-9(2)17-8-12(16-3)7-10-6-11(15)4-5-13(10)14/h4-6,9,12,16H,7-8H2,1-3H3. The average Bonchev–Trinajstić information content (AvgIpc) is 2.28. The highest BCUT2D eigenvalue weighted by Gasteiger charge is 2.11. The summed E-state index contributed by atoms with van der Waals surface area (Å²) < 4.78 is 19.6. The Morgan fingerprint density at radius 2 is 2.12 bits per heavy atom. The van der Waals surface area contributed by atoms with Crippen LogP contribution in [0.25, 0.3) is 0 Å². The van der Waals surface area contributed by atoms with Gasteiger partial charge in [-0.15, -0.1) is 0 Å². The third-order valence-corrected chi connectivity index (χ3v) is 3.29. The molecule has 0 amide bonds. The van der Waals surface area contributed by atoms with Crippen molar-refractivity contribution < 1.29 is 9.13 Å². The number of ether oxygens (including phenoxy) is 1. The second kappa shape index (κ2) is 7.09. The first kappa shape index (κ1) is 14.6. The number of halogens is 2. The highest BCUT2D eigenvalue weighted by molar-refractivity contribution is 9.10. The maximum absolute atomic E-state index is 13.1. The Kier molecular flexibility index (Phi) is 6.09. The van der Waals surface area contributed by atoms with Crippen LogP contribution in [0.4, 0.5) is 4.39 Å². The van der Waals surface area contributed by atoms with Crippen LogP contribution in [0.1, 0.15) is 19.4 Å². The molecule has 17 heavy (non-hydrogen) atoms. The third kappa shape index (κ3) is 5.15. The molecule has 0 aromatic heterocycles. The number of likely N-dealkylation sites (N-methyl/N-ethyl adjacent to an activating group) is 1. The van der Waals surface area contributed by atoms with Gasteiger partial charge in [-0.25, -0.2) is 4.39 Å². The molecule has 0 saturated carbocycles. The Morgan fingerprint density at radius 1 is 1.41 bits per heavy atom. The molecule has 1 aromatic carbocycles. The van der Waals surface area contributed by atoms with Crippen molar-refractivity contribution in [3.8, 4) is 0 Å². The molecule has 1 atom stereocenters. The van der Waals surface area contributed by atoms with E-state index < -0.39 is 0 Å². The van der Waals surface area contributed by atoms with Crippen molar-refractivity contribution in [3.05, 3.63) is 34.1 Å². The lowest BCUT2D eigenvalue weighted by molar-refractivity contribution is 0.0627. The van der Waals surface area contributed by atoms with E-state index in [4.69, 9.17) is 4.74 Å². The quantitative estimate of drug-likeness (QED) is 0.872. The molecule has 0 spiro atoms. The Morgan fingerprint density at radius 3 is 2.71 bits per heavy atom. The molecule has 96 valence electrons. The first-order valence-corrected chi connectivity index (χ1v) is 6.55. The van der Waals surface area contributed by atoms with Crippen LogP contribution in [0.15, 0.2) is 22.7 Å². The van der Waals surface area contributed by atoms with Crippen molar-refractivity contribution >= 4 is 15.9 Å². The van der Waals surface area contributed by atoms with E-state index in [1.165, 1.54) is 6.07 Å². The molecule has 0 aliphatic heterocycles. The van der Waals surface area contributed by atoms with Gasteiger partial charge in [-0.3, -0.25) is 0 Å². The number of hydrogen-bond acceptors (Lipinski definition) is 2. The van der Waals surface area contributed by atoms with Crippen LogP contribution in [0.2, 0.25) is 0 Å². The molecule has 0 aliphatic carbocycles. The van der Waals surface area contributed by atoms with Crippen LogP contribution >= 0.6 is 15.9 Å². The first-order valence-electron chi connectivity index (χ1n) is 5.75. The van der Waals surface area contributed by atoms with E-state index >= 15 is 0 Å². The topological polar surface area (TPSA) is 21.3 Å². The molecule has 0 heterocycles. The number of hydrogen-bond donors (Lipinski definition) is 1. The van der Waals surface area contributed by atoms with E-state index in [0.717, 1.165) is 16.5 Å². The summed E-state index contributed by atoms with van der Waals surface area (Å²) in [4.78, 5) is 0. The molecular formula is C13H19BrFNO. The lowest BCUT2D eigenvalue weighted by Gasteiger charge is -2.18. The van der Waals surface area contributed by atoms with Crippen LogP contribution in [0.5, 0.6) is 0 Å². The molecule has 0 bridgehead atoms. The fourth-order valence-corrected chi connectivity index (χ4v) is 1.93. The van der Waals surface area contributed by atoms with Crippen LogP contribution in [0.3, 0.4) is 0 Å². The second-order valence-corrected chi connectivity index (χ2v) is 5.16. The molecular weight excluding hydrogens is 285 g/mol. The third-order valence-electron chi connectivity index (χ3n) is 2.51. The summed E-state index contributed by atoms with van der Waals surface area (Å²) in [5, 5.41) is 3.18. The van der Waals surface area contributed by atoms with Crippen molar-refractivity contribution in [2.24, 2.45) is 0 Å². The summed E-state index contributed by atoms with van der Waals surface area (Å²) in [5.41, 5.74) is 0.955. The maximum atomic E-state index is 13.1. The Hall–Kier alpha value is -0.450. The van der Waals surface area contributed by atoms with Crippen LogP contribution in [-0.4, -0.2) is 25.8 Å². The molecule has 0 radical (unpaired) electrons. The second-order valence-electron chi connectivity index (χ2n) is 4.31. The van der Waals surface area contributed by atoms with E-state index in [2.05, 4.69) is 21.2 Å². The van der Waals surface area contributed by atoms with Crippen molar-refractivity contribution in [2.75, 3.05) is 13.7 Å². The summed E-state index contributed by atoms with van der Waals surface area (Å²) in [6, 6.07) is 4.94. The smallest absolute Gasteiger partial charge is 0.123 e. The van der Waals surface area contributed by atoms with Crippen LogP contribution < -0.4 is 5.32 Å².